The van der Waals surface area contributed by atoms with Gasteiger partial charge in [0.1, 0.15) is 12.3 Å². The average Bonchev–Trinajstić information content (AvgIpc) is 2.80. The Hall–Kier alpha value is -2.60. The van der Waals surface area contributed by atoms with Gasteiger partial charge in [-0.25, -0.2) is 4.79 Å². The van der Waals surface area contributed by atoms with Crippen molar-refractivity contribution in [3.05, 3.63) is 96.3 Å². The summed E-state index contributed by atoms with van der Waals surface area (Å²) in [6.45, 7) is 2.65. The lowest BCUT2D eigenvalue weighted by Gasteiger charge is -2.15. The minimum Gasteiger partial charge on any atom is -0.490 e. The fourth-order valence-electron chi connectivity index (χ4n) is 2.91. The molecule has 0 aromatic heterocycles. The zero-order valence-corrected chi connectivity index (χ0v) is 22.0. The van der Waals surface area contributed by atoms with E-state index in [1.54, 1.807) is 42.5 Å². The van der Waals surface area contributed by atoms with E-state index in [-0.39, 0.29) is 5.70 Å². The molecule has 0 saturated carbocycles. The number of carboxylic acids is 1. The molecule has 0 aliphatic heterocycles. The van der Waals surface area contributed by atoms with Gasteiger partial charge in [-0.2, -0.15) is 0 Å². The lowest BCUT2D eigenvalue weighted by molar-refractivity contribution is -0.132. The summed E-state index contributed by atoms with van der Waals surface area (Å²) in [5.74, 6) is -0.661. The molecule has 0 heterocycles. The predicted octanol–water partition coefficient (Wildman–Crippen LogP) is 5.73. The number of hydrogen-bond acceptors (Lipinski definition) is 4. The first-order chi connectivity index (χ1) is 15.9. The molecule has 0 saturated heterocycles. The predicted molar refractivity (Wildman–Crippen MR) is 143 cm³/mol. The van der Waals surface area contributed by atoms with Gasteiger partial charge in [-0.05, 0) is 106 Å². The molecular weight excluding hydrogens is 648 g/mol. The molecule has 0 spiro atoms. The Kier molecular flexibility index (Phi) is 9.12. The van der Waals surface area contributed by atoms with Crippen LogP contribution in [0.2, 0.25) is 0 Å². The van der Waals surface area contributed by atoms with Crippen LogP contribution in [0.1, 0.15) is 28.4 Å². The molecule has 3 rings (SSSR count). The normalized spacial score (nSPS) is 11.1. The maximum atomic E-state index is 12.4. The molecule has 0 aliphatic carbocycles. The van der Waals surface area contributed by atoms with Gasteiger partial charge in [-0.15, -0.1) is 0 Å². The SMILES string of the molecule is CCOc1cc(/C=C(/NC(=O)c2ccccc2)C(=O)O)cc(I)c1OCc1ccc(I)cc1. The van der Waals surface area contributed by atoms with E-state index in [0.29, 0.717) is 35.8 Å². The maximum absolute atomic E-state index is 12.4. The van der Waals surface area contributed by atoms with Gasteiger partial charge in [0.25, 0.3) is 5.91 Å². The number of carbonyl (C=O) groups is 2. The molecule has 8 heteroatoms. The highest BCUT2D eigenvalue weighted by molar-refractivity contribution is 14.1. The minimum atomic E-state index is -1.24. The first-order valence-electron chi connectivity index (χ1n) is 10.0. The van der Waals surface area contributed by atoms with E-state index in [0.717, 1.165) is 12.7 Å². The van der Waals surface area contributed by atoms with Gasteiger partial charge in [0, 0.05) is 9.13 Å². The number of amides is 1. The molecule has 0 unspecified atom stereocenters. The fourth-order valence-corrected chi connectivity index (χ4v) is 4.05. The van der Waals surface area contributed by atoms with Crippen LogP contribution in [-0.2, 0) is 11.4 Å². The number of nitrogens with one attached hydrogen (secondary N) is 1. The number of rotatable bonds is 9. The van der Waals surface area contributed by atoms with Crippen molar-refractivity contribution in [2.45, 2.75) is 13.5 Å². The largest absolute Gasteiger partial charge is 0.490 e. The van der Waals surface area contributed by atoms with Crippen molar-refractivity contribution in [2.24, 2.45) is 0 Å². The first kappa shape index (κ1) is 25.0. The van der Waals surface area contributed by atoms with Crippen molar-refractivity contribution in [3.63, 3.8) is 0 Å². The Labute approximate surface area is 219 Å². The summed E-state index contributed by atoms with van der Waals surface area (Å²) < 4.78 is 13.7. The third kappa shape index (κ3) is 7.19. The van der Waals surface area contributed by atoms with Gasteiger partial charge in [-0.3, -0.25) is 4.79 Å². The lowest BCUT2D eigenvalue weighted by Crippen LogP contribution is -2.27. The van der Waals surface area contributed by atoms with Crippen molar-refractivity contribution in [2.75, 3.05) is 6.61 Å². The number of aliphatic carboxylic acids is 1. The number of carboxylic acid groups (broad SMARTS) is 1. The molecule has 1 amide bonds. The average molecular weight is 669 g/mol. The quantitative estimate of drug-likeness (QED) is 0.225. The van der Waals surface area contributed by atoms with Crippen molar-refractivity contribution in [1.29, 1.82) is 0 Å². The molecule has 2 N–H and O–H groups in total. The monoisotopic (exact) mass is 669 g/mol. The molecule has 0 atom stereocenters. The van der Waals surface area contributed by atoms with Crippen LogP contribution in [0, 0.1) is 7.14 Å². The number of benzene rings is 3. The second-order valence-electron chi connectivity index (χ2n) is 6.86. The Morgan fingerprint density at radius 3 is 2.33 bits per heavy atom. The highest BCUT2D eigenvalue weighted by atomic mass is 127. The van der Waals surface area contributed by atoms with Crippen molar-refractivity contribution >= 4 is 63.1 Å². The number of hydrogen-bond donors (Lipinski definition) is 2. The summed E-state index contributed by atoms with van der Waals surface area (Å²) in [7, 11) is 0. The zero-order valence-electron chi connectivity index (χ0n) is 17.7. The summed E-state index contributed by atoms with van der Waals surface area (Å²) in [5, 5.41) is 12.1. The Morgan fingerprint density at radius 2 is 1.70 bits per heavy atom. The number of halogens is 2. The minimum absolute atomic E-state index is 0.241. The van der Waals surface area contributed by atoms with Crippen LogP contribution in [0.15, 0.2) is 72.4 Å². The third-order valence-corrected chi connectivity index (χ3v) is 5.97. The molecule has 0 bridgehead atoms. The topological polar surface area (TPSA) is 84.9 Å². The van der Waals surface area contributed by atoms with Crippen molar-refractivity contribution in [3.8, 4) is 11.5 Å². The van der Waals surface area contributed by atoms with Crippen LogP contribution < -0.4 is 14.8 Å². The summed E-state index contributed by atoms with van der Waals surface area (Å²) >= 11 is 4.38. The van der Waals surface area contributed by atoms with E-state index in [2.05, 4.69) is 50.5 Å². The zero-order chi connectivity index (χ0) is 23.8. The third-order valence-electron chi connectivity index (χ3n) is 4.45. The van der Waals surface area contributed by atoms with E-state index in [1.807, 2.05) is 31.2 Å². The van der Waals surface area contributed by atoms with Crippen molar-refractivity contribution in [1.82, 2.24) is 5.32 Å². The van der Waals surface area contributed by atoms with Crippen LogP contribution in [0.5, 0.6) is 11.5 Å². The summed E-state index contributed by atoms with van der Waals surface area (Å²) in [5.41, 5.74) is 1.72. The molecule has 6 nitrogen and oxygen atoms in total. The first-order valence-corrected chi connectivity index (χ1v) is 12.2. The number of ether oxygens (including phenoxy) is 2. The molecule has 3 aromatic carbocycles. The van der Waals surface area contributed by atoms with Crippen LogP contribution in [-0.4, -0.2) is 23.6 Å². The summed E-state index contributed by atoms with van der Waals surface area (Å²) in [4.78, 5) is 24.2. The highest BCUT2D eigenvalue weighted by Gasteiger charge is 2.16. The molecule has 170 valence electrons. The van der Waals surface area contributed by atoms with Gasteiger partial charge in [-0.1, -0.05) is 30.3 Å². The second kappa shape index (κ2) is 12.0. The standard InChI is InChI=1S/C25H21I2NO5/c1-2-32-22-14-17(12-20(27)23(22)33-15-16-8-10-19(26)11-9-16)13-21(25(30)31)28-24(29)18-6-4-3-5-7-18/h3-14H,2,15H2,1H3,(H,28,29)(H,30,31)/b21-13+. The van der Waals surface area contributed by atoms with E-state index in [1.165, 1.54) is 6.08 Å². The second-order valence-corrected chi connectivity index (χ2v) is 9.27. The Balaban J connectivity index is 1.86. The summed E-state index contributed by atoms with van der Waals surface area (Å²) in [6, 6.07) is 19.9. The van der Waals surface area contributed by atoms with Crippen LogP contribution in [0.3, 0.4) is 0 Å². The maximum Gasteiger partial charge on any atom is 0.352 e. The highest BCUT2D eigenvalue weighted by Crippen LogP contribution is 2.35. The number of carbonyl (C=O) groups excluding carboxylic acids is 1. The van der Waals surface area contributed by atoms with Gasteiger partial charge >= 0.3 is 5.97 Å². The molecule has 3 aromatic rings. The van der Waals surface area contributed by atoms with E-state index < -0.39 is 11.9 Å². The summed E-state index contributed by atoms with van der Waals surface area (Å²) in [6.07, 6.45) is 1.40. The molecule has 33 heavy (non-hydrogen) atoms. The van der Waals surface area contributed by atoms with Gasteiger partial charge in [0.2, 0.25) is 0 Å². The molecular formula is C25H21I2NO5. The van der Waals surface area contributed by atoms with Gasteiger partial charge < -0.3 is 19.9 Å². The van der Waals surface area contributed by atoms with E-state index >= 15 is 0 Å². The Bertz CT molecular complexity index is 1160. The lowest BCUT2D eigenvalue weighted by atomic mass is 10.1. The van der Waals surface area contributed by atoms with Crippen molar-refractivity contribution < 1.29 is 24.2 Å². The van der Waals surface area contributed by atoms with Gasteiger partial charge in [0.05, 0.1) is 10.2 Å². The molecule has 0 radical (unpaired) electrons. The van der Waals surface area contributed by atoms with Gasteiger partial charge in [0.15, 0.2) is 11.5 Å². The van der Waals surface area contributed by atoms with Crippen LogP contribution in [0.25, 0.3) is 6.08 Å². The van der Waals surface area contributed by atoms with E-state index in [9.17, 15) is 14.7 Å². The van der Waals surface area contributed by atoms with E-state index in [4.69, 9.17) is 9.47 Å². The van der Waals surface area contributed by atoms with Crippen LogP contribution in [0.4, 0.5) is 0 Å². The smallest absolute Gasteiger partial charge is 0.352 e. The molecule has 0 fully saturated rings. The Morgan fingerprint density at radius 1 is 1.00 bits per heavy atom. The van der Waals surface area contributed by atoms with Crippen LogP contribution >= 0.6 is 45.2 Å². The fraction of sp³-hybridized carbons (Fsp3) is 0.120. The molecule has 0 aliphatic rings.